The van der Waals surface area contributed by atoms with E-state index in [1.165, 1.54) is 14.1 Å². The number of aromatic nitrogens is 3. The first-order valence-electron chi connectivity index (χ1n) is 7.37. The quantitative estimate of drug-likeness (QED) is 0.786. The van der Waals surface area contributed by atoms with Gasteiger partial charge >= 0.3 is 10.2 Å². The van der Waals surface area contributed by atoms with Gasteiger partial charge in [-0.15, -0.1) is 0 Å². The fourth-order valence-electron chi connectivity index (χ4n) is 2.41. The molecular weight excluding hydrogens is 326 g/mol. The van der Waals surface area contributed by atoms with Crippen LogP contribution < -0.4 is 4.72 Å². The first-order valence-corrected chi connectivity index (χ1v) is 8.81. The van der Waals surface area contributed by atoms with E-state index in [-0.39, 0.29) is 0 Å². The molecule has 1 N–H and O–H groups in total. The molecule has 0 aliphatic carbocycles. The molecule has 0 amide bonds. The summed E-state index contributed by atoms with van der Waals surface area (Å²) in [6.07, 6.45) is 3.65. The van der Waals surface area contributed by atoms with Crippen LogP contribution >= 0.6 is 0 Å². The van der Waals surface area contributed by atoms with Gasteiger partial charge in [-0.25, -0.2) is 4.98 Å². The van der Waals surface area contributed by atoms with Crippen molar-refractivity contribution in [3.63, 3.8) is 0 Å². The Hall–Kier alpha value is -2.45. The third-order valence-electron chi connectivity index (χ3n) is 3.74. The highest BCUT2D eigenvalue weighted by Crippen LogP contribution is 2.26. The molecule has 0 fully saturated rings. The monoisotopic (exact) mass is 345 g/mol. The van der Waals surface area contributed by atoms with Crippen LogP contribution in [0.3, 0.4) is 0 Å². The van der Waals surface area contributed by atoms with Crippen LogP contribution in [0.2, 0.25) is 0 Å². The number of benzene rings is 1. The molecule has 3 rings (SSSR count). The summed E-state index contributed by atoms with van der Waals surface area (Å²) in [7, 11) is 1.26. The topological polar surface area (TPSA) is 80.1 Å². The summed E-state index contributed by atoms with van der Waals surface area (Å²) in [5.74, 6) is 0. The SMILES string of the molecule is Cc1cc(-c2cnn(C)c2)nc2cc(NS(=O)(=O)N(C)C)ccc12. The lowest BCUT2D eigenvalue weighted by atomic mass is 10.1. The Morgan fingerprint density at radius 3 is 2.58 bits per heavy atom. The van der Waals surface area contributed by atoms with E-state index in [1.807, 2.05) is 32.3 Å². The summed E-state index contributed by atoms with van der Waals surface area (Å²) in [6.45, 7) is 2.01. The number of fused-ring (bicyclic) bond motifs is 1. The lowest BCUT2D eigenvalue weighted by Gasteiger charge is -2.14. The number of rotatable bonds is 4. The molecule has 0 saturated heterocycles. The number of aryl methyl sites for hydroxylation is 2. The molecule has 2 heterocycles. The first-order chi connectivity index (χ1) is 11.3. The second-order valence-electron chi connectivity index (χ2n) is 5.85. The Labute approximate surface area is 141 Å². The van der Waals surface area contributed by atoms with Crippen molar-refractivity contribution in [1.29, 1.82) is 0 Å². The van der Waals surface area contributed by atoms with Crippen LogP contribution in [0.25, 0.3) is 22.2 Å². The molecule has 0 unspecified atom stereocenters. The van der Waals surface area contributed by atoms with Crippen molar-refractivity contribution in [3.05, 3.63) is 42.2 Å². The van der Waals surface area contributed by atoms with Crippen molar-refractivity contribution in [2.45, 2.75) is 6.92 Å². The highest BCUT2D eigenvalue weighted by Gasteiger charge is 2.14. The van der Waals surface area contributed by atoms with Gasteiger partial charge in [-0.1, -0.05) is 6.07 Å². The molecule has 1 aromatic carbocycles. The average Bonchev–Trinajstić information content (AvgIpc) is 2.93. The number of hydrogen-bond donors (Lipinski definition) is 1. The first kappa shape index (κ1) is 16.4. The molecule has 8 heteroatoms. The van der Waals surface area contributed by atoms with Crippen molar-refractivity contribution >= 4 is 26.8 Å². The van der Waals surface area contributed by atoms with Crippen molar-refractivity contribution in [3.8, 4) is 11.3 Å². The normalized spacial score (nSPS) is 12.0. The number of hydrogen-bond acceptors (Lipinski definition) is 4. The van der Waals surface area contributed by atoms with Crippen LogP contribution in [-0.2, 0) is 17.3 Å². The number of nitrogens with zero attached hydrogens (tertiary/aromatic N) is 4. The van der Waals surface area contributed by atoms with Crippen LogP contribution in [0, 0.1) is 6.92 Å². The maximum Gasteiger partial charge on any atom is 0.301 e. The zero-order valence-corrected chi connectivity index (χ0v) is 14.8. The molecule has 0 aliphatic rings. The van der Waals surface area contributed by atoms with Crippen LogP contribution in [0.4, 0.5) is 5.69 Å². The van der Waals surface area contributed by atoms with E-state index < -0.39 is 10.2 Å². The fraction of sp³-hybridized carbons (Fsp3) is 0.250. The van der Waals surface area contributed by atoms with E-state index in [0.717, 1.165) is 32.0 Å². The van der Waals surface area contributed by atoms with Gasteiger partial charge < -0.3 is 0 Å². The number of pyridine rings is 1. The number of anilines is 1. The van der Waals surface area contributed by atoms with Gasteiger partial charge in [0.25, 0.3) is 0 Å². The molecule has 0 aliphatic heterocycles. The van der Waals surface area contributed by atoms with Crippen LogP contribution in [-0.4, -0.2) is 41.6 Å². The Kier molecular flexibility index (Phi) is 4.02. The third-order valence-corrected chi connectivity index (χ3v) is 5.20. The standard InChI is InChI=1S/C16H19N5O2S/c1-11-7-15(12-9-17-21(4)10-12)18-16-8-13(5-6-14(11)16)19-24(22,23)20(2)3/h5-10,19H,1-4H3. The zero-order valence-electron chi connectivity index (χ0n) is 14.0. The zero-order chi connectivity index (χ0) is 17.5. The van der Waals surface area contributed by atoms with Crippen molar-refractivity contribution in [2.24, 2.45) is 7.05 Å². The van der Waals surface area contributed by atoms with Gasteiger partial charge in [0.2, 0.25) is 0 Å². The molecular formula is C16H19N5O2S. The third kappa shape index (κ3) is 3.10. The molecule has 126 valence electrons. The lowest BCUT2D eigenvalue weighted by Crippen LogP contribution is -2.28. The second-order valence-corrected chi connectivity index (χ2v) is 7.73. The van der Waals surface area contributed by atoms with E-state index in [0.29, 0.717) is 5.69 Å². The molecule has 0 radical (unpaired) electrons. The van der Waals surface area contributed by atoms with Gasteiger partial charge in [-0.3, -0.25) is 9.40 Å². The smallest absolute Gasteiger partial charge is 0.275 e. The number of nitrogens with one attached hydrogen (secondary N) is 1. The van der Waals surface area contributed by atoms with E-state index in [9.17, 15) is 8.42 Å². The Morgan fingerprint density at radius 2 is 1.96 bits per heavy atom. The summed E-state index contributed by atoms with van der Waals surface area (Å²) in [4.78, 5) is 4.65. The van der Waals surface area contributed by atoms with E-state index in [1.54, 1.807) is 23.0 Å². The summed E-state index contributed by atoms with van der Waals surface area (Å²) < 4.78 is 29.3. The molecule has 3 aromatic rings. The van der Waals surface area contributed by atoms with Gasteiger partial charge in [0.15, 0.2) is 0 Å². The maximum absolute atomic E-state index is 12.0. The van der Waals surface area contributed by atoms with Gasteiger partial charge in [-0.05, 0) is 30.7 Å². The van der Waals surface area contributed by atoms with Crippen LogP contribution in [0.15, 0.2) is 36.7 Å². The molecule has 0 spiro atoms. The van der Waals surface area contributed by atoms with Crippen molar-refractivity contribution in [2.75, 3.05) is 18.8 Å². The minimum atomic E-state index is -3.55. The van der Waals surface area contributed by atoms with Crippen molar-refractivity contribution < 1.29 is 8.42 Å². The Balaban J connectivity index is 2.08. The highest BCUT2D eigenvalue weighted by molar-refractivity contribution is 7.90. The predicted molar refractivity (Wildman–Crippen MR) is 94.9 cm³/mol. The second kappa shape index (κ2) is 5.88. The minimum absolute atomic E-state index is 0.478. The van der Waals surface area contributed by atoms with Crippen molar-refractivity contribution in [1.82, 2.24) is 19.1 Å². The summed E-state index contributed by atoms with van der Waals surface area (Å²) in [5.41, 5.74) is 4.00. The molecule has 0 saturated carbocycles. The summed E-state index contributed by atoms with van der Waals surface area (Å²) in [6, 6.07) is 7.35. The van der Waals surface area contributed by atoms with Crippen LogP contribution in [0.1, 0.15) is 5.56 Å². The Morgan fingerprint density at radius 1 is 1.21 bits per heavy atom. The van der Waals surface area contributed by atoms with E-state index in [2.05, 4.69) is 14.8 Å². The highest BCUT2D eigenvalue weighted by atomic mass is 32.2. The molecule has 7 nitrogen and oxygen atoms in total. The van der Waals surface area contributed by atoms with Gasteiger partial charge in [0, 0.05) is 38.3 Å². The summed E-state index contributed by atoms with van der Waals surface area (Å²) in [5, 5.41) is 5.15. The molecule has 2 aromatic heterocycles. The minimum Gasteiger partial charge on any atom is -0.275 e. The largest absolute Gasteiger partial charge is 0.301 e. The van der Waals surface area contributed by atoms with E-state index >= 15 is 0 Å². The van der Waals surface area contributed by atoms with E-state index in [4.69, 9.17) is 0 Å². The Bertz CT molecular complexity index is 1010. The predicted octanol–water partition coefficient (Wildman–Crippen LogP) is 2.16. The average molecular weight is 345 g/mol. The molecule has 0 atom stereocenters. The summed E-state index contributed by atoms with van der Waals surface area (Å²) >= 11 is 0. The van der Waals surface area contributed by atoms with Gasteiger partial charge in [0.1, 0.15) is 0 Å². The van der Waals surface area contributed by atoms with Gasteiger partial charge in [0.05, 0.1) is 23.1 Å². The van der Waals surface area contributed by atoms with Gasteiger partial charge in [-0.2, -0.15) is 17.8 Å². The fourth-order valence-corrected chi connectivity index (χ4v) is 3.01. The molecule has 0 bridgehead atoms. The maximum atomic E-state index is 12.0. The molecule has 24 heavy (non-hydrogen) atoms. The lowest BCUT2D eigenvalue weighted by molar-refractivity contribution is 0.527. The van der Waals surface area contributed by atoms with Crippen LogP contribution in [0.5, 0.6) is 0 Å².